The van der Waals surface area contributed by atoms with Crippen molar-refractivity contribution in [3.8, 4) is 0 Å². The summed E-state index contributed by atoms with van der Waals surface area (Å²) in [4.78, 5) is 12.6. The Morgan fingerprint density at radius 3 is 2.41 bits per heavy atom. The minimum absolute atomic E-state index is 0.295. The Bertz CT molecular complexity index is 426. The number of carbonyl (C=O) groups excluding carboxylic acids is 1. The molecule has 1 nitrogen and oxygen atoms in total. The zero-order valence-electron chi connectivity index (χ0n) is 10.7. The van der Waals surface area contributed by atoms with Gasteiger partial charge in [-0.1, -0.05) is 36.4 Å². The van der Waals surface area contributed by atoms with Crippen LogP contribution in [0.25, 0.3) is 0 Å². The Balaban J connectivity index is 2.26. The van der Waals surface area contributed by atoms with Crippen LogP contribution in [0.15, 0.2) is 42.0 Å². The van der Waals surface area contributed by atoms with E-state index in [1.54, 1.807) is 0 Å². The van der Waals surface area contributed by atoms with Gasteiger partial charge in [0.1, 0.15) is 0 Å². The molecule has 0 radical (unpaired) electrons. The van der Waals surface area contributed by atoms with Crippen molar-refractivity contribution in [3.63, 3.8) is 0 Å². The smallest absolute Gasteiger partial charge is 0.168 e. The Labute approximate surface area is 104 Å². The van der Waals surface area contributed by atoms with E-state index in [1.165, 1.54) is 6.42 Å². The van der Waals surface area contributed by atoms with Crippen molar-refractivity contribution in [2.45, 2.75) is 44.9 Å². The lowest BCUT2D eigenvalue weighted by Crippen LogP contribution is -2.30. The van der Waals surface area contributed by atoms with Crippen molar-refractivity contribution >= 4 is 5.78 Å². The molecule has 0 aliphatic heterocycles. The Morgan fingerprint density at radius 2 is 1.82 bits per heavy atom. The third-order valence-corrected chi connectivity index (χ3v) is 3.65. The van der Waals surface area contributed by atoms with E-state index in [9.17, 15) is 4.79 Å². The maximum atomic E-state index is 12.6. The molecule has 1 heteroatoms. The number of benzene rings is 1. The Hall–Kier alpha value is -1.37. The van der Waals surface area contributed by atoms with E-state index in [-0.39, 0.29) is 0 Å². The molecule has 0 heterocycles. The van der Waals surface area contributed by atoms with Crippen LogP contribution < -0.4 is 0 Å². The summed E-state index contributed by atoms with van der Waals surface area (Å²) in [5.41, 5.74) is 1.74. The molecule has 1 aromatic carbocycles. The number of hydrogen-bond donors (Lipinski definition) is 0. The first-order valence-corrected chi connectivity index (χ1v) is 6.42. The number of allylic oxidation sites excluding steroid dienone is 2. The van der Waals surface area contributed by atoms with E-state index < -0.39 is 5.41 Å². The van der Waals surface area contributed by atoms with Gasteiger partial charge in [-0.25, -0.2) is 0 Å². The molecule has 90 valence electrons. The SMILES string of the molecule is CC(C)(C(=O)C1=CCCCC1)c1ccccc1. The van der Waals surface area contributed by atoms with E-state index in [0.29, 0.717) is 5.78 Å². The fourth-order valence-electron chi connectivity index (χ4n) is 2.43. The molecule has 2 rings (SSSR count). The molecular weight excluding hydrogens is 208 g/mol. The van der Waals surface area contributed by atoms with E-state index in [1.807, 2.05) is 44.2 Å². The van der Waals surface area contributed by atoms with Crippen molar-refractivity contribution < 1.29 is 4.79 Å². The quantitative estimate of drug-likeness (QED) is 0.763. The van der Waals surface area contributed by atoms with Gasteiger partial charge in [0, 0.05) is 0 Å². The number of ketones is 1. The second-order valence-corrected chi connectivity index (χ2v) is 5.30. The summed E-state index contributed by atoms with van der Waals surface area (Å²) in [5.74, 6) is 0.295. The molecule has 0 aromatic heterocycles. The zero-order chi connectivity index (χ0) is 12.3. The predicted molar refractivity (Wildman–Crippen MR) is 71.0 cm³/mol. The molecule has 0 N–H and O–H groups in total. The number of carbonyl (C=O) groups is 1. The number of rotatable bonds is 3. The first-order valence-electron chi connectivity index (χ1n) is 6.42. The van der Waals surface area contributed by atoms with Crippen LogP contribution in [0, 0.1) is 0 Å². The fourth-order valence-corrected chi connectivity index (χ4v) is 2.43. The third-order valence-electron chi connectivity index (χ3n) is 3.65. The first kappa shape index (κ1) is 12.1. The van der Waals surface area contributed by atoms with Gasteiger partial charge in [-0.05, 0) is 50.7 Å². The van der Waals surface area contributed by atoms with Gasteiger partial charge in [-0.2, -0.15) is 0 Å². The van der Waals surface area contributed by atoms with E-state index in [0.717, 1.165) is 30.4 Å². The second-order valence-electron chi connectivity index (χ2n) is 5.30. The molecule has 0 bridgehead atoms. The molecule has 0 amide bonds. The molecular formula is C16H20O. The van der Waals surface area contributed by atoms with Crippen LogP contribution >= 0.6 is 0 Å². The predicted octanol–water partition coefficient (Wildman–Crippen LogP) is 4.03. The third kappa shape index (κ3) is 2.49. The molecule has 0 fully saturated rings. The lowest BCUT2D eigenvalue weighted by atomic mass is 9.76. The van der Waals surface area contributed by atoms with Crippen LogP contribution in [0.5, 0.6) is 0 Å². The summed E-state index contributed by atoms with van der Waals surface area (Å²) in [5, 5.41) is 0. The average Bonchev–Trinajstić information content (AvgIpc) is 2.40. The van der Waals surface area contributed by atoms with Crippen molar-refractivity contribution in [2.75, 3.05) is 0 Å². The summed E-state index contributed by atoms with van der Waals surface area (Å²) >= 11 is 0. The summed E-state index contributed by atoms with van der Waals surface area (Å²) in [6.45, 7) is 4.06. The zero-order valence-corrected chi connectivity index (χ0v) is 10.7. The number of hydrogen-bond acceptors (Lipinski definition) is 1. The summed E-state index contributed by atoms with van der Waals surface area (Å²) in [6.07, 6.45) is 6.53. The van der Waals surface area contributed by atoms with E-state index >= 15 is 0 Å². The highest BCUT2D eigenvalue weighted by Gasteiger charge is 2.31. The molecule has 17 heavy (non-hydrogen) atoms. The van der Waals surface area contributed by atoms with Crippen LogP contribution in [0.2, 0.25) is 0 Å². The van der Waals surface area contributed by atoms with Gasteiger partial charge in [0.2, 0.25) is 0 Å². The van der Waals surface area contributed by atoms with Gasteiger partial charge in [0.15, 0.2) is 5.78 Å². The van der Waals surface area contributed by atoms with Crippen LogP contribution in [0.4, 0.5) is 0 Å². The Morgan fingerprint density at radius 1 is 1.12 bits per heavy atom. The summed E-state index contributed by atoms with van der Waals surface area (Å²) in [7, 11) is 0. The largest absolute Gasteiger partial charge is 0.294 e. The van der Waals surface area contributed by atoms with Gasteiger partial charge in [0.05, 0.1) is 5.41 Å². The van der Waals surface area contributed by atoms with Gasteiger partial charge >= 0.3 is 0 Å². The normalized spacial score (nSPS) is 16.5. The number of Topliss-reactive ketones (excluding diaryl/α,β-unsaturated/α-hetero) is 1. The van der Waals surface area contributed by atoms with Crippen molar-refractivity contribution in [1.29, 1.82) is 0 Å². The Kier molecular flexibility index (Phi) is 3.46. The monoisotopic (exact) mass is 228 g/mol. The fraction of sp³-hybridized carbons (Fsp3) is 0.438. The minimum Gasteiger partial charge on any atom is -0.294 e. The highest BCUT2D eigenvalue weighted by atomic mass is 16.1. The van der Waals surface area contributed by atoms with Crippen LogP contribution in [-0.2, 0) is 10.2 Å². The maximum Gasteiger partial charge on any atom is 0.168 e. The average molecular weight is 228 g/mol. The second kappa shape index (κ2) is 4.87. The molecule has 1 aliphatic carbocycles. The lowest BCUT2D eigenvalue weighted by Gasteiger charge is -2.26. The lowest BCUT2D eigenvalue weighted by molar-refractivity contribution is -0.120. The molecule has 0 spiro atoms. The standard InChI is InChI=1S/C16H20O/c1-16(2,14-11-7-4-8-12-14)15(17)13-9-5-3-6-10-13/h4,7-9,11-12H,3,5-6,10H2,1-2H3. The van der Waals surface area contributed by atoms with E-state index in [4.69, 9.17) is 0 Å². The highest BCUT2D eigenvalue weighted by Crippen LogP contribution is 2.30. The molecule has 0 atom stereocenters. The molecule has 0 unspecified atom stereocenters. The highest BCUT2D eigenvalue weighted by molar-refractivity contribution is 6.03. The molecule has 0 saturated carbocycles. The molecule has 0 saturated heterocycles. The van der Waals surface area contributed by atoms with Gasteiger partial charge in [-0.3, -0.25) is 4.79 Å². The molecule has 1 aromatic rings. The first-order chi connectivity index (χ1) is 8.12. The van der Waals surface area contributed by atoms with Gasteiger partial charge in [0.25, 0.3) is 0 Å². The van der Waals surface area contributed by atoms with Crippen molar-refractivity contribution in [2.24, 2.45) is 0 Å². The summed E-state index contributed by atoms with van der Waals surface area (Å²) in [6, 6.07) is 10.1. The van der Waals surface area contributed by atoms with E-state index in [2.05, 4.69) is 6.08 Å². The van der Waals surface area contributed by atoms with Crippen LogP contribution in [0.3, 0.4) is 0 Å². The van der Waals surface area contributed by atoms with Crippen molar-refractivity contribution in [3.05, 3.63) is 47.5 Å². The summed E-state index contributed by atoms with van der Waals surface area (Å²) < 4.78 is 0. The van der Waals surface area contributed by atoms with Crippen LogP contribution in [0.1, 0.15) is 45.1 Å². The maximum absolute atomic E-state index is 12.6. The minimum atomic E-state index is -0.398. The van der Waals surface area contributed by atoms with Gasteiger partial charge in [-0.15, -0.1) is 0 Å². The topological polar surface area (TPSA) is 17.1 Å². The molecule has 1 aliphatic rings. The van der Waals surface area contributed by atoms with Crippen LogP contribution in [-0.4, -0.2) is 5.78 Å². The van der Waals surface area contributed by atoms with Gasteiger partial charge < -0.3 is 0 Å². The van der Waals surface area contributed by atoms with Crippen molar-refractivity contribution in [1.82, 2.24) is 0 Å².